The summed E-state index contributed by atoms with van der Waals surface area (Å²) < 4.78 is 6.09. The van der Waals surface area contributed by atoms with Crippen molar-refractivity contribution >= 4 is 46.4 Å². The lowest BCUT2D eigenvalue weighted by molar-refractivity contribution is -0.858. The van der Waals surface area contributed by atoms with Gasteiger partial charge in [-0.15, -0.1) is 0 Å². The highest BCUT2D eigenvalue weighted by atomic mass is 35.5. The van der Waals surface area contributed by atoms with Crippen LogP contribution in [0.25, 0.3) is 0 Å². The predicted octanol–water partition coefficient (Wildman–Crippen LogP) is 4.55. The van der Waals surface area contributed by atoms with Gasteiger partial charge in [-0.05, 0) is 24.3 Å². The van der Waals surface area contributed by atoms with E-state index in [9.17, 15) is 0 Å². The van der Waals surface area contributed by atoms with Crippen molar-refractivity contribution in [3.05, 3.63) is 67.6 Å². The lowest BCUT2D eigenvalue weighted by Crippen LogP contribution is -3.06. The number of rotatable bonds is 6. The highest BCUT2D eigenvalue weighted by Gasteiger charge is 2.21. The van der Waals surface area contributed by atoms with Crippen LogP contribution in [0.1, 0.15) is 17.2 Å². The van der Waals surface area contributed by atoms with Crippen molar-refractivity contribution in [3.8, 4) is 0 Å². The second-order valence-corrected chi connectivity index (χ2v) is 7.23. The third-order valence-corrected chi connectivity index (χ3v) is 4.50. The molecular formula is C17H18Cl4NO+. The van der Waals surface area contributed by atoms with Gasteiger partial charge in [-0.3, -0.25) is 0 Å². The molecule has 2 rings (SSSR count). The number of ether oxygens (including phenoxy) is 1. The maximum Gasteiger partial charge on any atom is 0.111 e. The Bertz CT molecular complexity index is 624. The zero-order valence-electron chi connectivity index (χ0n) is 12.9. The molecule has 0 fully saturated rings. The zero-order valence-corrected chi connectivity index (χ0v) is 15.9. The standard InChI is InChI=1S/C17H17Cl4NO/c1-22(2)7-8-23-17(13-5-3-11(18)9-15(13)20)14-6-4-12(19)10-16(14)21/h3-6,9-10,17H,7-8H2,1-2H3/p+1. The summed E-state index contributed by atoms with van der Waals surface area (Å²) in [5, 5.41) is 2.26. The van der Waals surface area contributed by atoms with Crippen molar-refractivity contribution in [2.24, 2.45) is 0 Å². The van der Waals surface area contributed by atoms with E-state index in [2.05, 4.69) is 14.1 Å². The van der Waals surface area contributed by atoms with Crippen LogP contribution in [0.5, 0.6) is 0 Å². The largest absolute Gasteiger partial charge is 0.363 e. The highest BCUT2D eigenvalue weighted by Crippen LogP contribution is 2.37. The maximum absolute atomic E-state index is 6.36. The number of quaternary nitrogens is 1. The van der Waals surface area contributed by atoms with Gasteiger partial charge in [-0.1, -0.05) is 58.5 Å². The Kier molecular flexibility index (Phi) is 7.02. The van der Waals surface area contributed by atoms with Gasteiger partial charge in [0.15, 0.2) is 0 Å². The van der Waals surface area contributed by atoms with Gasteiger partial charge in [0.2, 0.25) is 0 Å². The fourth-order valence-electron chi connectivity index (χ4n) is 2.16. The second kappa shape index (κ2) is 8.57. The molecule has 2 aromatic carbocycles. The van der Waals surface area contributed by atoms with E-state index in [-0.39, 0.29) is 6.10 Å². The molecule has 0 radical (unpaired) electrons. The third-order valence-electron chi connectivity index (χ3n) is 3.38. The fraction of sp³-hybridized carbons (Fsp3) is 0.294. The summed E-state index contributed by atoms with van der Waals surface area (Å²) in [6.45, 7) is 1.44. The van der Waals surface area contributed by atoms with Gasteiger partial charge in [0.25, 0.3) is 0 Å². The van der Waals surface area contributed by atoms with Crippen molar-refractivity contribution < 1.29 is 9.64 Å². The van der Waals surface area contributed by atoms with Crippen LogP contribution in [-0.2, 0) is 4.74 Å². The van der Waals surface area contributed by atoms with E-state index in [4.69, 9.17) is 51.1 Å². The molecule has 124 valence electrons. The first kappa shape index (κ1) is 18.9. The molecular weight excluding hydrogens is 376 g/mol. The first-order valence-corrected chi connectivity index (χ1v) is 8.70. The fourth-order valence-corrected chi connectivity index (χ4v) is 3.17. The molecule has 0 bridgehead atoms. The van der Waals surface area contributed by atoms with E-state index < -0.39 is 0 Å². The van der Waals surface area contributed by atoms with Crippen LogP contribution in [-0.4, -0.2) is 27.2 Å². The molecule has 0 spiro atoms. The Labute approximate surface area is 156 Å². The van der Waals surface area contributed by atoms with Crippen LogP contribution in [0.3, 0.4) is 0 Å². The van der Waals surface area contributed by atoms with E-state index in [0.29, 0.717) is 26.7 Å². The normalized spacial score (nSPS) is 11.5. The van der Waals surface area contributed by atoms with Crippen molar-refractivity contribution in [2.75, 3.05) is 27.2 Å². The molecule has 23 heavy (non-hydrogen) atoms. The summed E-state index contributed by atoms with van der Waals surface area (Å²) >= 11 is 24.7. The van der Waals surface area contributed by atoms with Crippen LogP contribution in [0.2, 0.25) is 20.1 Å². The average Bonchev–Trinajstić information content (AvgIpc) is 2.45. The minimum absolute atomic E-state index is 0.371. The van der Waals surface area contributed by atoms with Gasteiger partial charge in [0, 0.05) is 31.2 Å². The molecule has 0 aliphatic carbocycles. The van der Waals surface area contributed by atoms with Crippen LogP contribution in [0.15, 0.2) is 36.4 Å². The molecule has 0 saturated carbocycles. The van der Waals surface area contributed by atoms with Gasteiger partial charge in [0.05, 0.1) is 20.7 Å². The summed E-state index contributed by atoms with van der Waals surface area (Å²) in [5.41, 5.74) is 1.66. The lowest BCUT2D eigenvalue weighted by atomic mass is 10.0. The molecule has 0 aliphatic rings. The molecule has 0 saturated heterocycles. The lowest BCUT2D eigenvalue weighted by Gasteiger charge is -2.22. The highest BCUT2D eigenvalue weighted by molar-refractivity contribution is 6.36. The SMILES string of the molecule is C[NH+](C)CCOC(c1ccc(Cl)cc1Cl)c1ccc(Cl)cc1Cl. The van der Waals surface area contributed by atoms with Crippen LogP contribution < -0.4 is 4.90 Å². The van der Waals surface area contributed by atoms with Crippen molar-refractivity contribution in [1.29, 1.82) is 0 Å². The van der Waals surface area contributed by atoms with E-state index >= 15 is 0 Å². The minimum atomic E-state index is -0.371. The minimum Gasteiger partial charge on any atom is -0.363 e. The molecule has 0 aromatic heterocycles. The topological polar surface area (TPSA) is 13.7 Å². The molecule has 2 aromatic rings. The summed E-state index contributed by atoms with van der Waals surface area (Å²) in [6.07, 6.45) is -0.371. The Morgan fingerprint density at radius 2 is 1.35 bits per heavy atom. The molecule has 2 nitrogen and oxygen atoms in total. The maximum atomic E-state index is 6.36. The molecule has 0 amide bonds. The molecule has 1 N–H and O–H groups in total. The molecule has 0 aliphatic heterocycles. The summed E-state index contributed by atoms with van der Waals surface area (Å²) in [5.74, 6) is 0. The number of hydrogen-bond donors (Lipinski definition) is 1. The van der Waals surface area contributed by atoms with E-state index in [1.165, 1.54) is 4.90 Å². The van der Waals surface area contributed by atoms with Crippen molar-refractivity contribution in [3.63, 3.8) is 0 Å². The van der Waals surface area contributed by atoms with Crippen LogP contribution in [0, 0.1) is 0 Å². The predicted molar refractivity (Wildman–Crippen MR) is 98.4 cm³/mol. The molecule has 6 heteroatoms. The van der Waals surface area contributed by atoms with Gasteiger partial charge in [-0.2, -0.15) is 0 Å². The number of halogens is 4. The molecule has 0 unspecified atom stereocenters. The van der Waals surface area contributed by atoms with E-state index in [1.54, 1.807) is 24.3 Å². The van der Waals surface area contributed by atoms with Crippen molar-refractivity contribution in [1.82, 2.24) is 0 Å². The Balaban J connectivity index is 2.38. The van der Waals surface area contributed by atoms with Gasteiger partial charge in [0.1, 0.15) is 12.6 Å². The first-order valence-electron chi connectivity index (χ1n) is 7.19. The zero-order chi connectivity index (χ0) is 17.0. The average molecular weight is 394 g/mol. The van der Waals surface area contributed by atoms with Crippen molar-refractivity contribution in [2.45, 2.75) is 6.10 Å². The van der Waals surface area contributed by atoms with Gasteiger partial charge < -0.3 is 9.64 Å². The van der Waals surface area contributed by atoms with Crippen LogP contribution >= 0.6 is 46.4 Å². The monoisotopic (exact) mass is 392 g/mol. The Morgan fingerprint density at radius 1 is 0.870 bits per heavy atom. The summed E-state index contributed by atoms with van der Waals surface area (Å²) in [4.78, 5) is 1.30. The third kappa shape index (κ3) is 5.25. The number of hydrogen-bond acceptors (Lipinski definition) is 1. The number of benzene rings is 2. The molecule has 0 atom stereocenters. The van der Waals surface area contributed by atoms with Crippen LogP contribution in [0.4, 0.5) is 0 Å². The number of likely N-dealkylation sites (N-methyl/N-ethyl adjacent to an activating group) is 1. The smallest absolute Gasteiger partial charge is 0.111 e. The van der Waals surface area contributed by atoms with Gasteiger partial charge >= 0.3 is 0 Å². The van der Waals surface area contributed by atoms with Gasteiger partial charge in [-0.25, -0.2) is 0 Å². The summed E-state index contributed by atoms with van der Waals surface area (Å²) in [6, 6.07) is 10.7. The second-order valence-electron chi connectivity index (χ2n) is 5.54. The quantitative estimate of drug-likeness (QED) is 0.759. The Morgan fingerprint density at radius 3 is 1.74 bits per heavy atom. The Hall–Kier alpha value is -0.480. The molecule has 0 heterocycles. The van der Waals surface area contributed by atoms with E-state index in [1.807, 2.05) is 12.1 Å². The first-order chi connectivity index (χ1) is 10.9. The number of nitrogens with one attached hydrogen (secondary N) is 1. The van der Waals surface area contributed by atoms with E-state index in [0.717, 1.165) is 17.7 Å². The summed E-state index contributed by atoms with van der Waals surface area (Å²) in [7, 11) is 4.14.